The Morgan fingerprint density at radius 1 is 1.47 bits per heavy atom. The highest BCUT2D eigenvalue weighted by atomic mass is 32.2. The third kappa shape index (κ3) is 4.30. The second kappa shape index (κ2) is 5.52. The maximum atomic E-state index is 10.7. The monoisotopic (exact) mass is 267 g/mol. The summed E-state index contributed by atoms with van der Waals surface area (Å²) in [6, 6.07) is 0. The number of hydrogen-bond acceptors (Lipinski definition) is 6. The Balaban J connectivity index is 0.000000437. The van der Waals surface area contributed by atoms with E-state index in [1.807, 2.05) is 0 Å². The summed E-state index contributed by atoms with van der Waals surface area (Å²) in [6.07, 6.45) is 0.119. The van der Waals surface area contributed by atoms with Crippen LogP contribution in [0.1, 0.15) is 6.42 Å². The minimum Gasteiger partial charge on any atom is -0.478 e. The second-order valence-electron chi connectivity index (χ2n) is 2.79. The van der Waals surface area contributed by atoms with Crippen molar-refractivity contribution in [2.45, 2.75) is 11.7 Å². The summed E-state index contributed by atoms with van der Waals surface area (Å²) in [7, 11) is -4.59. The number of carboxylic acid groups (broad SMARTS) is 1. The molecule has 17 heavy (non-hydrogen) atoms. The molecule has 0 aromatic heterocycles. The molecule has 2 amide bonds. The Kier molecular flexibility index (Phi) is 4.94. The molecule has 1 fully saturated rings. The average Bonchev–Trinajstić information content (AvgIpc) is 2.46. The lowest BCUT2D eigenvalue weighted by atomic mass is 10.4. The maximum Gasteiger partial charge on any atom is 0.327 e. The lowest BCUT2D eigenvalue weighted by Crippen LogP contribution is -2.32. The Morgan fingerprint density at radius 2 is 1.88 bits per heavy atom. The molecule has 3 N–H and O–H groups in total. The SMILES string of the molecule is C=CC(=O)O.O=C1CC(S(=O)(=O)O)C(=O)N1O. The van der Waals surface area contributed by atoms with Crippen LogP contribution in [0.2, 0.25) is 0 Å². The number of carbonyl (C=O) groups excluding carboxylic acids is 2. The van der Waals surface area contributed by atoms with E-state index < -0.39 is 39.6 Å². The number of aliphatic carboxylic acids is 1. The van der Waals surface area contributed by atoms with Gasteiger partial charge in [0.2, 0.25) is 0 Å². The highest BCUT2D eigenvalue weighted by Crippen LogP contribution is 2.16. The molecule has 96 valence electrons. The third-order valence-corrected chi connectivity index (χ3v) is 2.70. The Bertz CT molecular complexity index is 452. The Morgan fingerprint density at radius 3 is 2.00 bits per heavy atom. The number of hydroxylamine groups is 2. The van der Waals surface area contributed by atoms with E-state index in [0.29, 0.717) is 0 Å². The van der Waals surface area contributed by atoms with E-state index >= 15 is 0 Å². The van der Waals surface area contributed by atoms with Crippen molar-refractivity contribution in [2.24, 2.45) is 0 Å². The number of hydrogen-bond donors (Lipinski definition) is 3. The van der Waals surface area contributed by atoms with Crippen molar-refractivity contribution in [2.75, 3.05) is 0 Å². The number of rotatable bonds is 2. The van der Waals surface area contributed by atoms with Crippen LogP contribution in [0.5, 0.6) is 0 Å². The van der Waals surface area contributed by atoms with Gasteiger partial charge in [-0.1, -0.05) is 6.58 Å². The molecular weight excluding hydrogens is 258 g/mol. The van der Waals surface area contributed by atoms with E-state index in [9.17, 15) is 22.8 Å². The average molecular weight is 267 g/mol. The summed E-state index contributed by atoms with van der Waals surface area (Å²) < 4.78 is 29.1. The molecule has 1 aliphatic heterocycles. The fourth-order valence-corrected chi connectivity index (χ4v) is 1.53. The van der Waals surface area contributed by atoms with Crippen molar-refractivity contribution >= 4 is 27.9 Å². The Hall–Kier alpha value is -1.78. The van der Waals surface area contributed by atoms with Crippen LogP contribution in [0.25, 0.3) is 0 Å². The molecule has 1 saturated heterocycles. The van der Waals surface area contributed by atoms with Crippen LogP contribution < -0.4 is 0 Å². The summed E-state index contributed by atoms with van der Waals surface area (Å²) >= 11 is 0. The summed E-state index contributed by atoms with van der Waals surface area (Å²) in [5.41, 5.74) is 0. The first-order valence-electron chi connectivity index (χ1n) is 3.98. The maximum absolute atomic E-state index is 10.7. The van der Waals surface area contributed by atoms with Crippen molar-refractivity contribution in [1.82, 2.24) is 5.06 Å². The molecule has 1 atom stereocenters. The van der Waals surface area contributed by atoms with E-state index in [1.165, 1.54) is 0 Å². The first-order valence-corrected chi connectivity index (χ1v) is 5.49. The van der Waals surface area contributed by atoms with Crippen molar-refractivity contribution < 1.29 is 37.7 Å². The standard InChI is InChI=1S/C4H5NO6S.C3H4O2/c6-3-1-2(12(9,10)11)4(7)5(3)8;1-2-3(4)5/h2,8H,1H2,(H,9,10,11);2H,1H2,(H,4,5). The van der Waals surface area contributed by atoms with Crippen molar-refractivity contribution in [3.8, 4) is 0 Å². The summed E-state index contributed by atoms with van der Waals surface area (Å²) in [5.74, 6) is -3.34. The quantitative estimate of drug-likeness (QED) is 0.240. The van der Waals surface area contributed by atoms with E-state index in [0.717, 1.165) is 6.08 Å². The lowest BCUT2D eigenvalue weighted by molar-refractivity contribution is -0.171. The number of amides is 2. The molecule has 9 nitrogen and oxygen atoms in total. The minimum absolute atomic E-state index is 0.307. The van der Waals surface area contributed by atoms with Gasteiger partial charge in [0.15, 0.2) is 5.25 Å². The highest BCUT2D eigenvalue weighted by Gasteiger charge is 2.45. The summed E-state index contributed by atoms with van der Waals surface area (Å²) in [5, 5.41) is 14.0. The molecular formula is C7H9NO8S. The molecule has 0 aromatic carbocycles. The van der Waals surface area contributed by atoms with Crippen molar-refractivity contribution in [1.29, 1.82) is 0 Å². The minimum atomic E-state index is -4.59. The number of carbonyl (C=O) groups is 3. The molecule has 0 aromatic rings. The topological polar surface area (TPSA) is 149 Å². The van der Waals surface area contributed by atoms with Gasteiger partial charge in [0.1, 0.15) is 0 Å². The van der Waals surface area contributed by atoms with Gasteiger partial charge in [0, 0.05) is 6.08 Å². The molecule has 0 saturated carbocycles. The van der Waals surface area contributed by atoms with Gasteiger partial charge < -0.3 is 5.11 Å². The van der Waals surface area contributed by atoms with Crippen molar-refractivity contribution in [3.63, 3.8) is 0 Å². The first kappa shape index (κ1) is 15.2. The fourth-order valence-electron chi connectivity index (χ4n) is 0.824. The first-order chi connectivity index (χ1) is 7.61. The van der Waals surface area contributed by atoms with Crippen LogP contribution in [0, 0.1) is 0 Å². The molecule has 0 radical (unpaired) electrons. The van der Waals surface area contributed by atoms with Gasteiger partial charge in [-0.25, -0.2) is 4.79 Å². The molecule has 0 aliphatic carbocycles. The predicted octanol–water partition coefficient (Wildman–Crippen LogP) is -1.35. The summed E-state index contributed by atoms with van der Waals surface area (Å²) in [4.78, 5) is 30.4. The predicted molar refractivity (Wildman–Crippen MR) is 51.4 cm³/mol. The van der Waals surface area contributed by atoms with Crippen LogP contribution in [0.15, 0.2) is 12.7 Å². The van der Waals surface area contributed by atoms with Gasteiger partial charge in [-0.2, -0.15) is 13.5 Å². The molecule has 1 heterocycles. The largest absolute Gasteiger partial charge is 0.478 e. The van der Waals surface area contributed by atoms with E-state index in [4.69, 9.17) is 14.9 Å². The number of nitrogens with zero attached hydrogens (tertiary/aromatic N) is 1. The molecule has 0 spiro atoms. The van der Waals surface area contributed by atoms with Gasteiger partial charge in [-0.15, -0.1) is 0 Å². The van der Waals surface area contributed by atoms with Crippen molar-refractivity contribution in [3.05, 3.63) is 12.7 Å². The number of carboxylic acids is 1. The van der Waals surface area contributed by atoms with Gasteiger partial charge in [0.05, 0.1) is 6.42 Å². The second-order valence-corrected chi connectivity index (χ2v) is 4.39. The summed E-state index contributed by atoms with van der Waals surface area (Å²) in [6.45, 7) is 2.96. The fraction of sp³-hybridized carbons (Fsp3) is 0.286. The van der Waals surface area contributed by atoms with Gasteiger partial charge in [-0.05, 0) is 0 Å². The highest BCUT2D eigenvalue weighted by molar-refractivity contribution is 7.87. The van der Waals surface area contributed by atoms with E-state index in [2.05, 4.69) is 6.58 Å². The van der Waals surface area contributed by atoms with E-state index in [1.54, 1.807) is 0 Å². The van der Waals surface area contributed by atoms with Crippen LogP contribution in [0.3, 0.4) is 0 Å². The Labute approximate surface area is 95.7 Å². The molecule has 1 aliphatic rings. The van der Waals surface area contributed by atoms with Gasteiger partial charge in [-0.3, -0.25) is 19.3 Å². The van der Waals surface area contributed by atoms with Crippen LogP contribution in [-0.4, -0.2) is 51.4 Å². The smallest absolute Gasteiger partial charge is 0.327 e. The normalized spacial score (nSPS) is 19.6. The van der Waals surface area contributed by atoms with Gasteiger partial charge >= 0.3 is 5.97 Å². The van der Waals surface area contributed by atoms with E-state index in [-0.39, 0.29) is 5.06 Å². The molecule has 0 bridgehead atoms. The lowest BCUT2D eigenvalue weighted by Gasteiger charge is -2.02. The molecule has 1 rings (SSSR count). The zero-order valence-electron chi connectivity index (χ0n) is 8.31. The van der Waals surface area contributed by atoms with Crippen LogP contribution in [-0.2, 0) is 24.5 Å². The van der Waals surface area contributed by atoms with Crippen LogP contribution in [0.4, 0.5) is 0 Å². The third-order valence-electron chi connectivity index (χ3n) is 1.61. The van der Waals surface area contributed by atoms with Crippen LogP contribution >= 0.6 is 0 Å². The molecule has 1 unspecified atom stereocenters. The molecule has 10 heteroatoms. The zero-order valence-corrected chi connectivity index (χ0v) is 9.12. The van der Waals surface area contributed by atoms with Gasteiger partial charge in [0.25, 0.3) is 21.9 Å². The number of imide groups is 1. The zero-order chi connectivity index (χ0) is 13.8.